The molecule has 0 aliphatic rings. The number of nitrogens with one attached hydrogen (secondary N) is 1. The van der Waals surface area contributed by atoms with Gasteiger partial charge >= 0.3 is 0 Å². The number of hydrogen-bond acceptors (Lipinski definition) is 2. The molecule has 2 aromatic rings. The Morgan fingerprint density at radius 1 is 1.38 bits per heavy atom. The third-order valence-electron chi connectivity index (χ3n) is 1.74. The molecule has 0 saturated carbocycles. The van der Waals surface area contributed by atoms with Gasteiger partial charge in [0, 0.05) is 5.39 Å². The molecule has 0 atom stereocenters. The smallest absolute Gasteiger partial charge is 0.168 e. The lowest BCUT2D eigenvalue weighted by atomic mass is 10.2. The van der Waals surface area contributed by atoms with Crippen molar-refractivity contribution in [1.82, 2.24) is 0 Å². The Balaban J connectivity index is 2.54. The number of furan rings is 1. The maximum absolute atomic E-state index is 5.36. The molecular weight excluding hydrogens is 184 g/mol. The summed E-state index contributed by atoms with van der Waals surface area (Å²) < 4.78 is 5.27. The van der Waals surface area contributed by atoms with E-state index in [0.29, 0.717) is 0 Å². The average molecular weight is 192 g/mol. The highest BCUT2D eigenvalue weighted by atomic mass is 32.1. The van der Waals surface area contributed by atoms with Crippen molar-refractivity contribution >= 4 is 34.0 Å². The summed E-state index contributed by atoms with van der Waals surface area (Å²) in [6.07, 6.45) is 1.63. The number of thiocarbonyl (C=S) groups is 1. The molecule has 3 N–H and O–H groups in total. The summed E-state index contributed by atoms with van der Waals surface area (Å²) in [7, 11) is 0. The molecule has 0 aliphatic carbocycles. The van der Waals surface area contributed by atoms with E-state index in [-0.39, 0.29) is 5.11 Å². The van der Waals surface area contributed by atoms with Gasteiger partial charge < -0.3 is 15.5 Å². The van der Waals surface area contributed by atoms with Crippen molar-refractivity contribution in [3.8, 4) is 0 Å². The normalized spacial score (nSPS) is 10.2. The maximum atomic E-state index is 5.36. The van der Waals surface area contributed by atoms with Crippen LogP contribution in [0.2, 0.25) is 0 Å². The first-order chi connectivity index (χ1) is 6.27. The number of fused-ring (bicyclic) bond motifs is 1. The molecule has 0 saturated heterocycles. The molecule has 0 bridgehead atoms. The van der Waals surface area contributed by atoms with E-state index < -0.39 is 0 Å². The third kappa shape index (κ3) is 1.48. The fourth-order valence-corrected chi connectivity index (χ4v) is 1.33. The Morgan fingerprint density at radius 2 is 2.23 bits per heavy atom. The number of hydrogen-bond donors (Lipinski definition) is 2. The topological polar surface area (TPSA) is 51.2 Å². The first-order valence-electron chi connectivity index (χ1n) is 3.80. The van der Waals surface area contributed by atoms with Crippen LogP contribution < -0.4 is 11.1 Å². The summed E-state index contributed by atoms with van der Waals surface area (Å²) in [6.45, 7) is 0. The zero-order valence-corrected chi connectivity index (χ0v) is 7.60. The minimum Gasteiger partial charge on any atom is -0.462 e. The Labute approximate surface area is 80.5 Å². The third-order valence-corrected chi connectivity index (χ3v) is 1.84. The van der Waals surface area contributed by atoms with Crippen molar-refractivity contribution in [3.05, 3.63) is 30.5 Å². The van der Waals surface area contributed by atoms with Crippen LogP contribution in [0.3, 0.4) is 0 Å². The van der Waals surface area contributed by atoms with Crippen LogP contribution in [0.5, 0.6) is 0 Å². The Kier molecular flexibility index (Phi) is 1.90. The van der Waals surface area contributed by atoms with Crippen molar-refractivity contribution in [3.63, 3.8) is 0 Å². The van der Waals surface area contributed by atoms with Crippen LogP contribution in [0.15, 0.2) is 34.9 Å². The monoisotopic (exact) mass is 192 g/mol. The molecule has 0 fully saturated rings. The number of benzene rings is 1. The minimum absolute atomic E-state index is 0.240. The van der Waals surface area contributed by atoms with Crippen LogP contribution in [-0.4, -0.2) is 5.11 Å². The van der Waals surface area contributed by atoms with Crippen LogP contribution in [0.25, 0.3) is 11.0 Å². The lowest BCUT2D eigenvalue weighted by Crippen LogP contribution is -2.18. The van der Waals surface area contributed by atoms with Gasteiger partial charge in [0.25, 0.3) is 0 Å². The van der Waals surface area contributed by atoms with Gasteiger partial charge in [-0.3, -0.25) is 0 Å². The first-order valence-corrected chi connectivity index (χ1v) is 4.21. The van der Waals surface area contributed by atoms with Gasteiger partial charge in [0.05, 0.1) is 12.0 Å². The van der Waals surface area contributed by atoms with Crippen molar-refractivity contribution in [2.75, 3.05) is 5.32 Å². The van der Waals surface area contributed by atoms with Crippen LogP contribution in [0.4, 0.5) is 5.69 Å². The van der Waals surface area contributed by atoms with Crippen LogP contribution in [0, 0.1) is 0 Å². The Hall–Kier alpha value is -1.55. The van der Waals surface area contributed by atoms with Crippen molar-refractivity contribution < 1.29 is 4.42 Å². The second-order valence-electron chi connectivity index (χ2n) is 2.63. The van der Waals surface area contributed by atoms with E-state index in [4.69, 9.17) is 22.4 Å². The van der Waals surface area contributed by atoms with E-state index >= 15 is 0 Å². The van der Waals surface area contributed by atoms with Gasteiger partial charge in [-0.2, -0.15) is 0 Å². The summed E-state index contributed by atoms with van der Waals surface area (Å²) in [5.74, 6) is 0. The molecule has 0 spiro atoms. The van der Waals surface area contributed by atoms with Gasteiger partial charge in [0.15, 0.2) is 10.7 Å². The molecule has 1 heterocycles. The summed E-state index contributed by atoms with van der Waals surface area (Å²) in [6, 6.07) is 7.63. The first kappa shape index (κ1) is 8.07. The second-order valence-corrected chi connectivity index (χ2v) is 3.07. The highest BCUT2D eigenvalue weighted by Crippen LogP contribution is 2.23. The Morgan fingerprint density at radius 3 is 3.00 bits per heavy atom. The molecule has 0 unspecified atom stereocenters. The molecule has 3 nitrogen and oxygen atoms in total. The zero-order valence-electron chi connectivity index (χ0n) is 6.78. The van der Waals surface area contributed by atoms with Crippen LogP contribution in [0.1, 0.15) is 0 Å². The highest BCUT2D eigenvalue weighted by molar-refractivity contribution is 7.80. The van der Waals surface area contributed by atoms with Crippen molar-refractivity contribution in [2.24, 2.45) is 5.73 Å². The van der Waals surface area contributed by atoms with Gasteiger partial charge in [0.2, 0.25) is 0 Å². The van der Waals surface area contributed by atoms with Gasteiger partial charge in [-0.15, -0.1) is 0 Å². The molecule has 0 aliphatic heterocycles. The van der Waals surface area contributed by atoms with Gasteiger partial charge in [-0.25, -0.2) is 0 Å². The van der Waals surface area contributed by atoms with Crippen molar-refractivity contribution in [2.45, 2.75) is 0 Å². The molecular formula is C9H8N2OS. The van der Waals surface area contributed by atoms with E-state index in [1.54, 1.807) is 6.26 Å². The van der Waals surface area contributed by atoms with Gasteiger partial charge in [-0.05, 0) is 24.4 Å². The van der Waals surface area contributed by atoms with E-state index in [1.807, 2.05) is 24.3 Å². The number of para-hydroxylation sites is 1. The Bertz CT molecular complexity index is 450. The second kappa shape index (κ2) is 3.06. The standard InChI is InChI=1S/C9H8N2OS/c10-9(13)11-7-3-1-2-6-4-5-12-8(6)7/h1-5H,(H3,10,11,13). The summed E-state index contributed by atoms with van der Waals surface area (Å²) in [4.78, 5) is 0. The molecule has 1 aromatic heterocycles. The van der Waals surface area contributed by atoms with Gasteiger partial charge in [-0.1, -0.05) is 12.1 Å². The summed E-state index contributed by atoms with van der Waals surface area (Å²) in [5, 5.41) is 4.12. The predicted octanol–water partition coefficient (Wildman–Crippen LogP) is 2.09. The predicted molar refractivity (Wildman–Crippen MR) is 56.6 cm³/mol. The van der Waals surface area contributed by atoms with E-state index in [2.05, 4.69) is 5.32 Å². The van der Waals surface area contributed by atoms with Gasteiger partial charge in [0.1, 0.15) is 0 Å². The fourth-order valence-electron chi connectivity index (χ4n) is 1.22. The lowest BCUT2D eigenvalue weighted by molar-refractivity contribution is 0.617. The number of rotatable bonds is 1. The highest BCUT2D eigenvalue weighted by Gasteiger charge is 2.02. The lowest BCUT2D eigenvalue weighted by Gasteiger charge is -2.02. The fraction of sp³-hybridized carbons (Fsp3) is 0. The maximum Gasteiger partial charge on any atom is 0.168 e. The zero-order chi connectivity index (χ0) is 9.26. The number of nitrogens with two attached hydrogens (primary N) is 1. The largest absolute Gasteiger partial charge is 0.462 e. The average Bonchev–Trinajstić information content (AvgIpc) is 2.51. The molecule has 13 heavy (non-hydrogen) atoms. The van der Waals surface area contributed by atoms with E-state index in [9.17, 15) is 0 Å². The molecule has 1 aromatic carbocycles. The molecule has 0 radical (unpaired) electrons. The number of anilines is 1. The van der Waals surface area contributed by atoms with E-state index in [1.165, 1.54) is 0 Å². The molecule has 2 rings (SSSR count). The molecule has 66 valence electrons. The van der Waals surface area contributed by atoms with Crippen LogP contribution >= 0.6 is 12.2 Å². The molecule has 0 amide bonds. The quantitative estimate of drug-likeness (QED) is 0.679. The van der Waals surface area contributed by atoms with Crippen LogP contribution in [-0.2, 0) is 0 Å². The minimum atomic E-state index is 0.240. The van der Waals surface area contributed by atoms with Crippen molar-refractivity contribution in [1.29, 1.82) is 0 Å². The summed E-state index contributed by atoms with van der Waals surface area (Å²) in [5.41, 5.74) is 6.94. The van der Waals surface area contributed by atoms with E-state index in [0.717, 1.165) is 16.7 Å². The molecule has 4 heteroatoms. The summed E-state index contributed by atoms with van der Waals surface area (Å²) >= 11 is 4.74. The SMILES string of the molecule is NC(=S)Nc1cccc2ccoc12.